The molecule has 0 saturated carbocycles. The molecule has 0 aliphatic rings. The summed E-state index contributed by atoms with van der Waals surface area (Å²) >= 11 is 0. The van der Waals surface area contributed by atoms with Crippen LogP contribution in [-0.4, -0.2) is 22.3 Å². The molecule has 0 aromatic carbocycles. The standard InChI is InChI=1S/C8H16O3.CH4/c1-6(9)11-8(4,5)7(2,3)10;/h10H,1-5H3;1H4. The fourth-order valence-electron chi connectivity index (χ4n) is 0.484. The lowest BCUT2D eigenvalue weighted by Crippen LogP contribution is -2.48. The number of carbonyl (C=O) groups excluding carboxylic acids is 1. The molecule has 0 aromatic heterocycles. The van der Waals surface area contributed by atoms with Gasteiger partial charge in [0, 0.05) is 6.92 Å². The van der Waals surface area contributed by atoms with Crippen LogP contribution in [-0.2, 0) is 9.53 Å². The number of aliphatic hydroxyl groups is 1. The van der Waals surface area contributed by atoms with Crippen LogP contribution in [0, 0.1) is 0 Å². The molecule has 0 fully saturated rings. The molecular formula is C9H20O3. The first-order valence-electron chi connectivity index (χ1n) is 3.59. The van der Waals surface area contributed by atoms with Crippen LogP contribution in [0.1, 0.15) is 42.0 Å². The van der Waals surface area contributed by atoms with Crippen LogP contribution in [0.5, 0.6) is 0 Å². The average Bonchev–Trinajstić information content (AvgIpc) is 1.56. The Morgan fingerprint density at radius 1 is 1.25 bits per heavy atom. The highest BCUT2D eigenvalue weighted by atomic mass is 16.6. The third-order valence-electron chi connectivity index (χ3n) is 1.87. The van der Waals surface area contributed by atoms with E-state index in [1.54, 1.807) is 27.7 Å². The van der Waals surface area contributed by atoms with E-state index in [1.807, 2.05) is 0 Å². The zero-order valence-electron chi connectivity index (χ0n) is 7.76. The van der Waals surface area contributed by atoms with Crippen LogP contribution in [0.3, 0.4) is 0 Å². The van der Waals surface area contributed by atoms with E-state index in [4.69, 9.17) is 4.74 Å². The number of hydrogen-bond acceptors (Lipinski definition) is 3. The van der Waals surface area contributed by atoms with Crippen molar-refractivity contribution in [1.82, 2.24) is 0 Å². The summed E-state index contributed by atoms with van der Waals surface area (Å²) in [5.41, 5.74) is -1.85. The quantitative estimate of drug-likeness (QED) is 0.652. The molecule has 0 atom stereocenters. The van der Waals surface area contributed by atoms with E-state index in [0.29, 0.717) is 0 Å². The second kappa shape index (κ2) is 3.90. The van der Waals surface area contributed by atoms with Gasteiger partial charge in [-0.15, -0.1) is 0 Å². The van der Waals surface area contributed by atoms with E-state index >= 15 is 0 Å². The predicted octanol–water partition coefficient (Wildman–Crippen LogP) is 1.74. The molecule has 0 heterocycles. The maximum atomic E-state index is 10.6. The van der Waals surface area contributed by atoms with Crippen LogP contribution in [0.4, 0.5) is 0 Å². The molecule has 0 bridgehead atoms. The molecule has 0 aromatic rings. The van der Waals surface area contributed by atoms with Crippen molar-refractivity contribution in [2.45, 2.75) is 53.2 Å². The Bertz CT molecular complexity index is 154. The van der Waals surface area contributed by atoms with Crippen molar-refractivity contribution in [3.05, 3.63) is 0 Å². The molecule has 0 radical (unpaired) electrons. The largest absolute Gasteiger partial charge is 0.457 e. The topological polar surface area (TPSA) is 46.5 Å². The van der Waals surface area contributed by atoms with Crippen LogP contribution in [0.2, 0.25) is 0 Å². The monoisotopic (exact) mass is 176 g/mol. The van der Waals surface area contributed by atoms with Gasteiger partial charge in [0.15, 0.2) is 0 Å². The molecule has 3 nitrogen and oxygen atoms in total. The third-order valence-corrected chi connectivity index (χ3v) is 1.87. The van der Waals surface area contributed by atoms with Crippen molar-refractivity contribution in [2.75, 3.05) is 0 Å². The summed E-state index contributed by atoms with van der Waals surface area (Å²) in [6.45, 7) is 7.89. The van der Waals surface area contributed by atoms with E-state index in [-0.39, 0.29) is 13.4 Å². The minimum Gasteiger partial charge on any atom is -0.457 e. The SMILES string of the molecule is C.CC(=O)OC(C)(C)C(C)(C)O. The normalized spacial score (nSPS) is 11.8. The van der Waals surface area contributed by atoms with Crippen molar-refractivity contribution in [3.63, 3.8) is 0 Å². The minimum absolute atomic E-state index is 0. The summed E-state index contributed by atoms with van der Waals surface area (Å²) in [4.78, 5) is 10.6. The molecule has 1 N–H and O–H groups in total. The zero-order valence-corrected chi connectivity index (χ0v) is 7.76. The summed E-state index contributed by atoms with van der Waals surface area (Å²) in [5, 5.41) is 9.52. The molecule has 74 valence electrons. The molecule has 3 heteroatoms. The first-order valence-corrected chi connectivity index (χ1v) is 3.59. The summed E-state index contributed by atoms with van der Waals surface area (Å²) in [5.74, 6) is -0.378. The Hall–Kier alpha value is -0.570. The second-order valence-corrected chi connectivity index (χ2v) is 3.66. The van der Waals surface area contributed by atoms with E-state index in [9.17, 15) is 9.90 Å². The molecule has 0 unspecified atom stereocenters. The van der Waals surface area contributed by atoms with Gasteiger partial charge in [-0.05, 0) is 27.7 Å². The Balaban J connectivity index is 0. The minimum atomic E-state index is -1.02. The number of carbonyl (C=O) groups is 1. The van der Waals surface area contributed by atoms with Crippen LogP contribution >= 0.6 is 0 Å². The van der Waals surface area contributed by atoms with Crippen molar-refractivity contribution in [3.8, 4) is 0 Å². The first-order chi connectivity index (χ1) is 4.67. The van der Waals surface area contributed by atoms with Gasteiger partial charge in [0.2, 0.25) is 0 Å². The van der Waals surface area contributed by atoms with Crippen molar-refractivity contribution >= 4 is 5.97 Å². The van der Waals surface area contributed by atoms with Gasteiger partial charge < -0.3 is 9.84 Å². The van der Waals surface area contributed by atoms with Gasteiger partial charge >= 0.3 is 5.97 Å². The van der Waals surface area contributed by atoms with Crippen LogP contribution in [0.25, 0.3) is 0 Å². The molecule has 0 spiro atoms. The maximum Gasteiger partial charge on any atom is 0.303 e. The lowest BCUT2D eigenvalue weighted by molar-refractivity contribution is -0.178. The van der Waals surface area contributed by atoms with Gasteiger partial charge in [0.25, 0.3) is 0 Å². The van der Waals surface area contributed by atoms with E-state index in [0.717, 1.165) is 0 Å². The van der Waals surface area contributed by atoms with Gasteiger partial charge in [0.1, 0.15) is 5.60 Å². The second-order valence-electron chi connectivity index (χ2n) is 3.66. The van der Waals surface area contributed by atoms with Crippen molar-refractivity contribution < 1.29 is 14.6 Å². The molecule has 0 aliphatic heterocycles. The summed E-state index contributed by atoms with van der Waals surface area (Å²) in [6, 6.07) is 0. The highest BCUT2D eigenvalue weighted by Gasteiger charge is 2.37. The fraction of sp³-hybridized carbons (Fsp3) is 0.889. The van der Waals surface area contributed by atoms with Crippen molar-refractivity contribution in [2.24, 2.45) is 0 Å². The van der Waals surface area contributed by atoms with Gasteiger partial charge in [0.05, 0.1) is 5.60 Å². The molecule has 0 rings (SSSR count). The number of rotatable bonds is 2. The highest BCUT2D eigenvalue weighted by molar-refractivity contribution is 5.66. The Morgan fingerprint density at radius 2 is 1.58 bits per heavy atom. The Labute approximate surface area is 74.7 Å². The van der Waals surface area contributed by atoms with E-state index in [1.165, 1.54) is 6.92 Å². The van der Waals surface area contributed by atoms with Crippen LogP contribution in [0.15, 0.2) is 0 Å². The maximum absolute atomic E-state index is 10.6. The number of ether oxygens (including phenoxy) is 1. The molecular weight excluding hydrogens is 156 g/mol. The lowest BCUT2D eigenvalue weighted by Gasteiger charge is -2.36. The Morgan fingerprint density at radius 3 is 1.67 bits per heavy atom. The van der Waals surface area contributed by atoms with Gasteiger partial charge in [-0.25, -0.2) is 0 Å². The Kier molecular flexibility index (Phi) is 4.54. The van der Waals surface area contributed by atoms with Crippen LogP contribution < -0.4 is 0 Å². The number of hydrogen-bond donors (Lipinski definition) is 1. The smallest absolute Gasteiger partial charge is 0.303 e. The molecule has 0 aliphatic carbocycles. The average molecular weight is 176 g/mol. The predicted molar refractivity (Wildman–Crippen MR) is 48.9 cm³/mol. The van der Waals surface area contributed by atoms with Gasteiger partial charge in [-0.1, -0.05) is 7.43 Å². The van der Waals surface area contributed by atoms with E-state index < -0.39 is 11.2 Å². The van der Waals surface area contributed by atoms with E-state index in [2.05, 4.69) is 0 Å². The molecule has 0 amide bonds. The van der Waals surface area contributed by atoms with Gasteiger partial charge in [-0.3, -0.25) is 4.79 Å². The zero-order chi connectivity index (χ0) is 9.28. The summed E-state index contributed by atoms with van der Waals surface area (Å²) < 4.78 is 4.91. The highest BCUT2D eigenvalue weighted by Crippen LogP contribution is 2.24. The lowest BCUT2D eigenvalue weighted by atomic mass is 9.89. The molecule has 12 heavy (non-hydrogen) atoms. The number of esters is 1. The fourth-order valence-corrected chi connectivity index (χ4v) is 0.484. The first kappa shape index (κ1) is 14.0. The summed E-state index contributed by atoms with van der Waals surface area (Å²) in [6.07, 6.45) is 0. The summed E-state index contributed by atoms with van der Waals surface area (Å²) in [7, 11) is 0. The van der Waals surface area contributed by atoms with Crippen molar-refractivity contribution in [1.29, 1.82) is 0 Å². The molecule has 0 saturated heterocycles. The van der Waals surface area contributed by atoms with Gasteiger partial charge in [-0.2, -0.15) is 0 Å². The third kappa shape index (κ3) is 3.72.